The minimum atomic E-state index is -0.606. The molecule has 0 N–H and O–H groups in total. The summed E-state index contributed by atoms with van der Waals surface area (Å²) in [7, 11) is 1.36. The van der Waals surface area contributed by atoms with E-state index in [0.717, 1.165) is 0 Å². The molecule has 5 heteroatoms. The number of ether oxygens (including phenoxy) is 2. The van der Waals surface area contributed by atoms with E-state index in [-0.39, 0.29) is 12.1 Å². The van der Waals surface area contributed by atoms with Gasteiger partial charge >= 0.3 is 12.1 Å². The highest BCUT2D eigenvalue weighted by Gasteiger charge is 2.43. The molecule has 1 aliphatic heterocycles. The molecule has 0 aromatic carbocycles. The molecule has 1 heterocycles. The van der Waals surface area contributed by atoms with Gasteiger partial charge in [-0.15, -0.1) is 0 Å². The number of methoxy groups -OCH3 is 1. The minimum absolute atomic E-state index is 0.274. The van der Waals surface area contributed by atoms with Gasteiger partial charge in [0.05, 0.1) is 12.5 Å². The minimum Gasteiger partial charge on any atom is -0.469 e. The molecule has 1 rings (SSSR count). The van der Waals surface area contributed by atoms with Crippen LogP contribution in [-0.2, 0) is 14.3 Å². The third-order valence-corrected chi connectivity index (χ3v) is 2.80. The zero-order valence-corrected chi connectivity index (χ0v) is 11.2. The number of hydrogen-bond acceptors (Lipinski definition) is 4. The molecule has 1 unspecified atom stereocenters. The third kappa shape index (κ3) is 3.35. The first kappa shape index (κ1) is 13.8. The maximum absolute atomic E-state index is 11.8. The summed E-state index contributed by atoms with van der Waals surface area (Å²) < 4.78 is 10.0. The molecule has 0 bridgehead atoms. The van der Waals surface area contributed by atoms with Crippen LogP contribution in [-0.4, -0.2) is 42.8 Å². The number of amides is 1. The number of nitrogens with zero attached hydrogens (tertiary/aromatic N) is 1. The Morgan fingerprint density at radius 3 is 2.35 bits per heavy atom. The lowest BCUT2D eigenvalue weighted by Gasteiger charge is -2.25. The van der Waals surface area contributed by atoms with Crippen molar-refractivity contribution in [2.24, 2.45) is 5.41 Å². The Morgan fingerprint density at radius 1 is 1.29 bits per heavy atom. The molecule has 0 aromatic heterocycles. The number of carbonyl (C=O) groups is 2. The van der Waals surface area contributed by atoms with Crippen LogP contribution in [0.1, 0.15) is 34.1 Å². The van der Waals surface area contributed by atoms with Crippen LogP contribution in [0, 0.1) is 5.41 Å². The Balaban J connectivity index is 2.62. The number of hydrogen-bond donors (Lipinski definition) is 0. The fraction of sp³-hybridized carbons (Fsp3) is 0.833. The van der Waals surface area contributed by atoms with Crippen LogP contribution < -0.4 is 0 Å². The van der Waals surface area contributed by atoms with Crippen LogP contribution >= 0.6 is 0 Å². The Kier molecular flexibility index (Phi) is 3.69. The van der Waals surface area contributed by atoms with Crippen molar-refractivity contribution in [3.8, 4) is 0 Å². The number of rotatable bonds is 1. The smallest absolute Gasteiger partial charge is 0.410 e. The van der Waals surface area contributed by atoms with Gasteiger partial charge in [0.15, 0.2) is 0 Å². The molecule has 1 atom stereocenters. The van der Waals surface area contributed by atoms with Crippen molar-refractivity contribution in [1.29, 1.82) is 0 Å². The van der Waals surface area contributed by atoms with Gasteiger partial charge < -0.3 is 14.4 Å². The van der Waals surface area contributed by atoms with Crippen LogP contribution in [0.15, 0.2) is 0 Å². The molecule has 0 radical (unpaired) electrons. The van der Waals surface area contributed by atoms with Gasteiger partial charge in [-0.1, -0.05) is 0 Å². The van der Waals surface area contributed by atoms with Gasteiger partial charge in [0.1, 0.15) is 5.60 Å². The molecule has 0 saturated carbocycles. The first-order chi connectivity index (χ1) is 7.68. The normalized spacial score (nSPS) is 24.6. The van der Waals surface area contributed by atoms with Gasteiger partial charge in [-0.05, 0) is 34.1 Å². The second-order valence-corrected chi connectivity index (χ2v) is 5.70. The summed E-state index contributed by atoms with van der Waals surface area (Å²) in [5.74, 6) is -0.274. The highest BCUT2D eigenvalue weighted by Crippen LogP contribution is 2.31. The number of carbonyl (C=O) groups excluding carboxylic acids is 2. The molecule has 0 aliphatic carbocycles. The van der Waals surface area contributed by atoms with Gasteiger partial charge in [-0.3, -0.25) is 4.79 Å². The van der Waals surface area contributed by atoms with E-state index in [4.69, 9.17) is 9.47 Å². The lowest BCUT2D eigenvalue weighted by atomic mass is 9.90. The summed E-state index contributed by atoms with van der Waals surface area (Å²) in [6, 6.07) is 0. The second kappa shape index (κ2) is 4.55. The van der Waals surface area contributed by atoms with Crippen LogP contribution in [0.3, 0.4) is 0 Å². The molecular formula is C12H21NO4. The molecule has 1 saturated heterocycles. The average Bonchev–Trinajstić information content (AvgIpc) is 2.58. The first-order valence-corrected chi connectivity index (χ1v) is 5.74. The van der Waals surface area contributed by atoms with E-state index in [1.165, 1.54) is 7.11 Å². The zero-order chi connectivity index (χ0) is 13.3. The predicted octanol–water partition coefficient (Wildman–Crippen LogP) is 1.81. The predicted molar refractivity (Wildman–Crippen MR) is 62.5 cm³/mol. The molecular weight excluding hydrogens is 222 g/mol. The maximum atomic E-state index is 11.8. The first-order valence-electron chi connectivity index (χ1n) is 5.74. The molecule has 98 valence electrons. The number of likely N-dealkylation sites (tertiary alicyclic amines) is 1. The lowest BCUT2D eigenvalue weighted by molar-refractivity contribution is -0.150. The summed E-state index contributed by atoms with van der Waals surface area (Å²) in [5.41, 5.74) is -1.12. The molecule has 5 nitrogen and oxygen atoms in total. The molecule has 0 aromatic rings. The Labute approximate surface area is 102 Å². The maximum Gasteiger partial charge on any atom is 0.410 e. The van der Waals surface area contributed by atoms with E-state index in [1.54, 1.807) is 4.90 Å². The van der Waals surface area contributed by atoms with Gasteiger partial charge in [-0.2, -0.15) is 0 Å². The van der Waals surface area contributed by atoms with Crippen molar-refractivity contribution in [2.45, 2.75) is 39.7 Å². The summed E-state index contributed by atoms with van der Waals surface area (Å²) in [6.45, 7) is 8.15. The van der Waals surface area contributed by atoms with Crippen molar-refractivity contribution in [3.63, 3.8) is 0 Å². The summed E-state index contributed by atoms with van der Waals surface area (Å²) in [6.07, 6.45) is 0.240. The third-order valence-electron chi connectivity index (χ3n) is 2.80. The van der Waals surface area contributed by atoms with E-state index in [2.05, 4.69) is 0 Å². The monoisotopic (exact) mass is 243 g/mol. The molecule has 1 fully saturated rings. The summed E-state index contributed by atoms with van der Waals surface area (Å²) in [5, 5.41) is 0. The Hall–Kier alpha value is -1.26. The van der Waals surface area contributed by atoms with Gasteiger partial charge in [0.25, 0.3) is 0 Å². The topological polar surface area (TPSA) is 55.8 Å². The van der Waals surface area contributed by atoms with Gasteiger partial charge in [0.2, 0.25) is 0 Å². The van der Waals surface area contributed by atoms with Crippen LogP contribution in [0.2, 0.25) is 0 Å². The van der Waals surface area contributed by atoms with E-state index in [0.29, 0.717) is 19.5 Å². The van der Waals surface area contributed by atoms with Crippen molar-refractivity contribution in [2.75, 3.05) is 20.2 Å². The van der Waals surface area contributed by atoms with Crippen molar-refractivity contribution in [3.05, 3.63) is 0 Å². The number of esters is 1. The summed E-state index contributed by atoms with van der Waals surface area (Å²) >= 11 is 0. The van der Waals surface area contributed by atoms with Crippen molar-refractivity contribution in [1.82, 2.24) is 4.90 Å². The average molecular weight is 243 g/mol. The summed E-state index contributed by atoms with van der Waals surface area (Å²) in [4.78, 5) is 25.0. The SMILES string of the molecule is COC(=O)C1(C)CCN(C(=O)OC(C)(C)C)C1. The van der Waals surface area contributed by atoms with Crippen molar-refractivity contribution < 1.29 is 19.1 Å². The fourth-order valence-corrected chi connectivity index (χ4v) is 1.86. The van der Waals surface area contributed by atoms with E-state index in [1.807, 2.05) is 27.7 Å². The fourth-order valence-electron chi connectivity index (χ4n) is 1.86. The molecule has 17 heavy (non-hydrogen) atoms. The van der Waals surface area contributed by atoms with Crippen LogP contribution in [0.25, 0.3) is 0 Å². The molecule has 0 spiro atoms. The largest absolute Gasteiger partial charge is 0.469 e. The lowest BCUT2D eigenvalue weighted by Crippen LogP contribution is -2.38. The Morgan fingerprint density at radius 2 is 1.88 bits per heavy atom. The Bertz CT molecular complexity index is 321. The molecule has 1 amide bonds. The van der Waals surface area contributed by atoms with E-state index in [9.17, 15) is 9.59 Å². The van der Waals surface area contributed by atoms with Gasteiger partial charge in [0, 0.05) is 13.1 Å². The van der Waals surface area contributed by atoms with Crippen LogP contribution in [0.4, 0.5) is 4.79 Å². The molecule has 1 aliphatic rings. The quantitative estimate of drug-likeness (QED) is 0.659. The van der Waals surface area contributed by atoms with Gasteiger partial charge in [-0.25, -0.2) is 4.79 Å². The van der Waals surface area contributed by atoms with Crippen LogP contribution in [0.5, 0.6) is 0 Å². The zero-order valence-electron chi connectivity index (χ0n) is 11.2. The second-order valence-electron chi connectivity index (χ2n) is 5.70. The van der Waals surface area contributed by atoms with E-state index < -0.39 is 11.0 Å². The highest BCUT2D eigenvalue weighted by atomic mass is 16.6. The van der Waals surface area contributed by atoms with E-state index >= 15 is 0 Å². The van der Waals surface area contributed by atoms with Crippen molar-refractivity contribution >= 4 is 12.1 Å². The standard InChI is InChI=1S/C12H21NO4/c1-11(2,3)17-10(15)13-7-6-12(4,8-13)9(14)16-5/h6-8H2,1-5H3. The highest BCUT2D eigenvalue weighted by molar-refractivity contribution is 5.79.